The summed E-state index contributed by atoms with van der Waals surface area (Å²) in [7, 11) is 0. The van der Waals surface area contributed by atoms with E-state index in [0.717, 1.165) is 11.5 Å². The molecule has 2 amide bonds. The minimum atomic E-state index is -0.901. The molecular weight excluding hydrogens is 272 g/mol. The van der Waals surface area contributed by atoms with Gasteiger partial charge < -0.3 is 15.7 Å². The topological polar surface area (TPSA) is 78.4 Å². The highest BCUT2D eigenvalue weighted by Crippen LogP contribution is 2.23. The van der Waals surface area contributed by atoms with Crippen molar-refractivity contribution < 1.29 is 14.7 Å². The number of nitrogens with one attached hydrogen (secondary N) is 2. The number of hydrogen-bond acceptors (Lipinski definition) is 4. The summed E-state index contributed by atoms with van der Waals surface area (Å²) in [5.41, 5.74) is 0. The molecule has 0 aromatic heterocycles. The largest absolute Gasteiger partial charge is 0.481 e. The molecule has 1 rings (SSSR count). The Labute approximate surface area is 116 Å². The second-order valence-corrected chi connectivity index (χ2v) is 6.90. The van der Waals surface area contributed by atoms with E-state index in [1.165, 1.54) is 5.75 Å². The molecule has 3 atom stereocenters. The normalized spacial score (nSPS) is 22.9. The molecule has 0 saturated carbocycles. The van der Waals surface area contributed by atoms with Crippen molar-refractivity contribution in [3.63, 3.8) is 0 Å². The van der Waals surface area contributed by atoms with Gasteiger partial charge >= 0.3 is 12.0 Å². The van der Waals surface area contributed by atoms with Crippen molar-refractivity contribution in [3.8, 4) is 0 Å². The van der Waals surface area contributed by atoms with Crippen LogP contribution in [0.2, 0.25) is 0 Å². The highest BCUT2D eigenvalue weighted by atomic mass is 32.2. The van der Waals surface area contributed by atoms with Crippen LogP contribution in [-0.2, 0) is 4.79 Å². The summed E-state index contributed by atoms with van der Waals surface area (Å²) in [6.45, 7) is 3.92. The van der Waals surface area contributed by atoms with Crippen LogP contribution in [0.5, 0.6) is 0 Å². The zero-order valence-electron chi connectivity index (χ0n) is 10.6. The molecule has 3 unspecified atom stereocenters. The van der Waals surface area contributed by atoms with Gasteiger partial charge in [-0.15, -0.1) is 0 Å². The summed E-state index contributed by atoms with van der Waals surface area (Å²) in [5, 5.41) is 14.7. The third kappa shape index (κ3) is 5.39. The molecule has 1 aliphatic rings. The molecule has 18 heavy (non-hydrogen) atoms. The monoisotopic (exact) mass is 292 g/mol. The fraction of sp³-hybridized carbons (Fsp3) is 0.818. The van der Waals surface area contributed by atoms with E-state index in [1.54, 1.807) is 13.8 Å². The number of rotatable bonds is 5. The lowest BCUT2D eigenvalue weighted by Gasteiger charge is -2.22. The van der Waals surface area contributed by atoms with Crippen LogP contribution < -0.4 is 10.6 Å². The third-order valence-corrected chi connectivity index (χ3v) is 5.72. The van der Waals surface area contributed by atoms with Crippen LogP contribution in [0, 0.1) is 5.92 Å². The highest BCUT2D eigenvalue weighted by Gasteiger charge is 2.21. The van der Waals surface area contributed by atoms with Gasteiger partial charge in [-0.3, -0.25) is 4.79 Å². The molecule has 5 nitrogen and oxygen atoms in total. The van der Waals surface area contributed by atoms with Gasteiger partial charge in [0, 0.05) is 35.1 Å². The molecular formula is C11H20N2O3S2. The lowest BCUT2D eigenvalue weighted by atomic mass is 10.0. The molecule has 0 aliphatic carbocycles. The molecule has 1 heterocycles. The summed E-state index contributed by atoms with van der Waals surface area (Å²) < 4.78 is 0. The van der Waals surface area contributed by atoms with E-state index >= 15 is 0 Å². The highest BCUT2D eigenvalue weighted by molar-refractivity contribution is 8.06. The lowest BCUT2D eigenvalue weighted by Crippen LogP contribution is -2.47. The lowest BCUT2D eigenvalue weighted by molar-refractivity contribution is -0.141. The second kappa shape index (κ2) is 7.78. The van der Waals surface area contributed by atoms with Gasteiger partial charge in [0.2, 0.25) is 0 Å². The maximum atomic E-state index is 11.6. The zero-order valence-corrected chi connectivity index (χ0v) is 12.3. The van der Waals surface area contributed by atoms with Crippen LogP contribution in [0.4, 0.5) is 4.79 Å². The van der Waals surface area contributed by atoms with Crippen molar-refractivity contribution in [1.82, 2.24) is 10.6 Å². The molecule has 3 N–H and O–H groups in total. The average molecular weight is 292 g/mol. The number of amides is 2. The SMILES string of the molecule is CC(NC(=O)NCC1CSCCS1)C(C)C(=O)O. The first-order valence-corrected chi connectivity index (χ1v) is 8.17. The predicted octanol–water partition coefficient (Wildman–Crippen LogP) is 1.24. The van der Waals surface area contributed by atoms with Crippen molar-refractivity contribution in [2.24, 2.45) is 5.92 Å². The Morgan fingerprint density at radius 2 is 2.11 bits per heavy atom. The molecule has 0 aromatic rings. The number of carboxylic acid groups (broad SMARTS) is 1. The number of thioether (sulfide) groups is 2. The van der Waals surface area contributed by atoms with Crippen molar-refractivity contribution in [3.05, 3.63) is 0 Å². The van der Waals surface area contributed by atoms with Crippen molar-refractivity contribution in [1.29, 1.82) is 0 Å². The summed E-state index contributed by atoms with van der Waals surface area (Å²) in [6.07, 6.45) is 0. The van der Waals surface area contributed by atoms with Crippen LogP contribution in [0.15, 0.2) is 0 Å². The minimum absolute atomic E-state index is 0.285. The van der Waals surface area contributed by atoms with Crippen LogP contribution >= 0.6 is 23.5 Å². The van der Waals surface area contributed by atoms with Gasteiger partial charge in [-0.1, -0.05) is 0 Å². The van der Waals surface area contributed by atoms with Gasteiger partial charge in [-0.25, -0.2) is 4.79 Å². The fourth-order valence-electron chi connectivity index (χ4n) is 1.46. The number of hydrogen-bond donors (Lipinski definition) is 3. The summed E-state index contributed by atoms with van der Waals surface area (Å²) in [5.74, 6) is 1.88. The van der Waals surface area contributed by atoms with E-state index in [-0.39, 0.29) is 12.1 Å². The standard InChI is InChI=1S/C11H20N2O3S2/c1-7(10(14)15)8(2)13-11(16)12-5-9-6-17-3-4-18-9/h7-9H,3-6H2,1-2H3,(H,14,15)(H2,12,13,16). The van der Waals surface area contributed by atoms with Gasteiger partial charge in [0.1, 0.15) is 0 Å². The van der Waals surface area contributed by atoms with Crippen molar-refractivity contribution in [2.75, 3.05) is 23.8 Å². The van der Waals surface area contributed by atoms with E-state index < -0.39 is 11.9 Å². The Hall–Kier alpha value is -0.560. The Bertz CT molecular complexity index is 296. The summed E-state index contributed by atoms with van der Waals surface area (Å²) in [4.78, 5) is 22.3. The maximum absolute atomic E-state index is 11.6. The Morgan fingerprint density at radius 1 is 1.39 bits per heavy atom. The van der Waals surface area contributed by atoms with Crippen LogP contribution in [0.3, 0.4) is 0 Å². The Balaban J connectivity index is 2.22. The molecule has 1 fully saturated rings. The van der Waals surface area contributed by atoms with Crippen LogP contribution in [-0.4, -0.2) is 52.2 Å². The first-order valence-electron chi connectivity index (χ1n) is 5.97. The molecule has 1 aliphatic heterocycles. The number of aliphatic carboxylic acids is 1. The predicted molar refractivity (Wildman–Crippen MR) is 76.4 cm³/mol. The van der Waals surface area contributed by atoms with Gasteiger partial charge in [-0.2, -0.15) is 23.5 Å². The molecule has 0 radical (unpaired) electrons. The fourth-order valence-corrected chi connectivity index (χ4v) is 4.07. The molecule has 1 saturated heterocycles. The minimum Gasteiger partial charge on any atom is -0.481 e. The first-order chi connectivity index (χ1) is 8.50. The third-order valence-electron chi connectivity index (χ3n) is 2.87. The number of carbonyl (C=O) groups excluding carboxylic acids is 1. The molecule has 104 valence electrons. The number of carbonyl (C=O) groups is 2. The van der Waals surface area contributed by atoms with Gasteiger partial charge in [0.25, 0.3) is 0 Å². The average Bonchev–Trinajstić information content (AvgIpc) is 2.36. The zero-order chi connectivity index (χ0) is 13.5. The van der Waals surface area contributed by atoms with E-state index in [1.807, 2.05) is 23.5 Å². The van der Waals surface area contributed by atoms with E-state index in [4.69, 9.17) is 5.11 Å². The second-order valence-electron chi connectivity index (χ2n) is 4.34. The first kappa shape index (κ1) is 15.5. The van der Waals surface area contributed by atoms with Gasteiger partial charge in [0.15, 0.2) is 0 Å². The molecule has 0 bridgehead atoms. The Morgan fingerprint density at radius 3 is 2.67 bits per heavy atom. The van der Waals surface area contributed by atoms with E-state index in [9.17, 15) is 9.59 Å². The molecule has 0 aromatic carbocycles. The van der Waals surface area contributed by atoms with E-state index in [0.29, 0.717) is 11.8 Å². The van der Waals surface area contributed by atoms with Gasteiger partial charge in [0.05, 0.1) is 5.92 Å². The molecule has 0 spiro atoms. The smallest absolute Gasteiger partial charge is 0.315 e. The molecule has 7 heteroatoms. The number of carboxylic acids is 1. The maximum Gasteiger partial charge on any atom is 0.315 e. The van der Waals surface area contributed by atoms with Crippen LogP contribution in [0.1, 0.15) is 13.8 Å². The quantitative estimate of drug-likeness (QED) is 0.710. The van der Waals surface area contributed by atoms with E-state index in [2.05, 4.69) is 10.6 Å². The van der Waals surface area contributed by atoms with Crippen molar-refractivity contribution >= 4 is 35.5 Å². The van der Waals surface area contributed by atoms with Crippen molar-refractivity contribution in [2.45, 2.75) is 25.1 Å². The summed E-state index contributed by atoms with van der Waals surface area (Å²) >= 11 is 3.78. The summed E-state index contributed by atoms with van der Waals surface area (Å²) in [6, 6.07) is -0.664. The van der Waals surface area contributed by atoms with Crippen LogP contribution in [0.25, 0.3) is 0 Å². The Kier molecular flexibility index (Phi) is 6.70. The number of urea groups is 1. The van der Waals surface area contributed by atoms with Gasteiger partial charge in [-0.05, 0) is 13.8 Å².